The van der Waals surface area contributed by atoms with E-state index < -0.39 is 9.84 Å². The number of hydrogen-bond donors (Lipinski definition) is 0. The summed E-state index contributed by atoms with van der Waals surface area (Å²) in [6, 6.07) is 12.2. The average molecular weight is 345 g/mol. The molecule has 1 aromatic carbocycles. The molecule has 3 rings (SSSR count). The van der Waals surface area contributed by atoms with E-state index in [-0.39, 0.29) is 4.90 Å². The van der Waals surface area contributed by atoms with Crippen LogP contribution in [0.5, 0.6) is 0 Å². The summed E-state index contributed by atoms with van der Waals surface area (Å²) in [5.41, 5.74) is 3.04. The third-order valence-electron chi connectivity index (χ3n) is 3.36. The van der Waals surface area contributed by atoms with Crippen LogP contribution in [0, 0.1) is 0 Å². The van der Waals surface area contributed by atoms with Gasteiger partial charge in [-0.1, -0.05) is 23.7 Å². The molecule has 3 aromatic rings. The first-order valence-corrected chi connectivity index (χ1v) is 9.08. The first-order valence-electron chi connectivity index (χ1n) is 6.81. The fourth-order valence-corrected chi connectivity index (χ4v) is 3.11. The zero-order valence-electron chi connectivity index (χ0n) is 12.3. The Morgan fingerprint density at radius 3 is 2.48 bits per heavy atom. The highest BCUT2D eigenvalue weighted by atomic mass is 35.5. The minimum Gasteiger partial charge on any atom is -0.264 e. The monoisotopic (exact) mass is 344 g/mol. The molecule has 0 bridgehead atoms. The molecule has 0 unspecified atom stereocenters. The minimum atomic E-state index is -3.29. The van der Waals surface area contributed by atoms with Gasteiger partial charge in [0.15, 0.2) is 9.84 Å². The van der Waals surface area contributed by atoms with Gasteiger partial charge in [0, 0.05) is 36.0 Å². The van der Waals surface area contributed by atoms with E-state index in [0.29, 0.717) is 10.7 Å². The summed E-state index contributed by atoms with van der Waals surface area (Å²) in [5.74, 6) is 0. The van der Waals surface area contributed by atoms with Crippen molar-refractivity contribution in [2.75, 3.05) is 6.26 Å². The van der Waals surface area contributed by atoms with Gasteiger partial charge in [0.25, 0.3) is 0 Å². The molecule has 0 saturated heterocycles. The lowest BCUT2D eigenvalue weighted by Crippen LogP contribution is -1.97. The Balaban J connectivity index is 2.23. The maximum absolute atomic E-state index is 11.8. The molecule has 0 radical (unpaired) electrons. The first-order chi connectivity index (χ1) is 10.9. The van der Waals surface area contributed by atoms with Gasteiger partial charge in [0.2, 0.25) is 0 Å². The van der Waals surface area contributed by atoms with E-state index in [9.17, 15) is 8.42 Å². The van der Waals surface area contributed by atoms with Crippen LogP contribution in [-0.2, 0) is 9.84 Å². The fourth-order valence-electron chi connectivity index (χ4n) is 2.29. The summed E-state index contributed by atoms with van der Waals surface area (Å²) < 4.78 is 23.6. The van der Waals surface area contributed by atoms with Crippen LogP contribution in [0.4, 0.5) is 0 Å². The molecule has 116 valence electrons. The molecule has 0 aliphatic rings. The van der Waals surface area contributed by atoms with Gasteiger partial charge >= 0.3 is 0 Å². The molecule has 23 heavy (non-hydrogen) atoms. The smallest absolute Gasteiger partial charge is 0.175 e. The molecule has 2 heterocycles. The molecule has 0 spiro atoms. The second kappa shape index (κ2) is 6.10. The molecule has 0 fully saturated rings. The van der Waals surface area contributed by atoms with Gasteiger partial charge in [0.1, 0.15) is 0 Å². The van der Waals surface area contributed by atoms with E-state index in [1.807, 2.05) is 18.2 Å². The lowest BCUT2D eigenvalue weighted by Gasteiger charge is -2.10. The predicted molar refractivity (Wildman–Crippen MR) is 91.0 cm³/mol. The Hall–Kier alpha value is -2.24. The molecule has 2 aromatic heterocycles. The molecule has 0 aliphatic carbocycles. The Kier molecular flexibility index (Phi) is 4.15. The van der Waals surface area contributed by atoms with Crippen LogP contribution < -0.4 is 0 Å². The number of pyridine rings is 2. The summed E-state index contributed by atoms with van der Waals surface area (Å²) in [6.45, 7) is 0. The maximum atomic E-state index is 11.8. The van der Waals surface area contributed by atoms with Crippen molar-refractivity contribution in [1.82, 2.24) is 9.97 Å². The fraction of sp³-hybridized carbons (Fsp3) is 0.0588. The lowest BCUT2D eigenvalue weighted by atomic mass is 10.0. The zero-order valence-corrected chi connectivity index (χ0v) is 13.8. The van der Waals surface area contributed by atoms with E-state index in [1.165, 1.54) is 6.26 Å². The lowest BCUT2D eigenvalue weighted by molar-refractivity contribution is 0.602. The number of nitrogens with zero attached hydrogens (tertiary/aromatic N) is 2. The number of rotatable bonds is 3. The number of hydrogen-bond acceptors (Lipinski definition) is 4. The Morgan fingerprint density at radius 1 is 1.00 bits per heavy atom. The summed E-state index contributed by atoms with van der Waals surface area (Å²) in [6.07, 6.45) is 6.14. The van der Waals surface area contributed by atoms with E-state index in [1.54, 1.807) is 42.9 Å². The number of aromatic nitrogens is 2. The van der Waals surface area contributed by atoms with Crippen molar-refractivity contribution in [3.05, 3.63) is 66.1 Å². The molecule has 0 aliphatic heterocycles. The summed E-state index contributed by atoms with van der Waals surface area (Å²) in [7, 11) is -3.29. The number of halogens is 1. The van der Waals surface area contributed by atoms with Crippen molar-refractivity contribution in [3.8, 4) is 22.4 Å². The highest BCUT2D eigenvalue weighted by Crippen LogP contribution is 2.32. The highest BCUT2D eigenvalue weighted by Gasteiger charge is 2.13. The SMILES string of the molecule is CS(=O)(=O)c1cccc(-c2cc(Cl)cnc2-c2cccnc2)c1. The van der Waals surface area contributed by atoms with Crippen LogP contribution in [0.2, 0.25) is 5.02 Å². The summed E-state index contributed by atoms with van der Waals surface area (Å²) in [4.78, 5) is 8.76. The van der Waals surface area contributed by atoms with Gasteiger partial charge in [-0.2, -0.15) is 0 Å². The van der Waals surface area contributed by atoms with Crippen LogP contribution in [0.1, 0.15) is 0 Å². The molecule has 0 atom stereocenters. The van der Waals surface area contributed by atoms with Gasteiger partial charge in [0.05, 0.1) is 15.6 Å². The van der Waals surface area contributed by atoms with Crippen molar-refractivity contribution in [1.29, 1.82) is 0 Å². The van der Waals surface area contributed by atoms with E-state index in [4.69, 9.17) is 11.6 Å². The van der Waals surface area contributed by atoms with Crippen LogP contribution >= 0.6 is 11.6 Å². The van der Waals surface area contributed by atoms with Crippen LogP contribution in [0.3, 0.4) is 0 Å². The standard InChI is InChI=1S/C17H13ClN2O2S/c1-23(21,22)15-6-2-4-12(8-15)16-9-14(18)11-20-17(16)13-5-3-7-19-10-13/h2-11H,1H3. The predicted octanol–water partition coefficient (Wildman–Crippen LogP) is 3.87. The van der Waals surface area contributed by atoms with Gasteiger partial charge < -0.3 is 0 Å². The van der Waals surface area contributed by atoms with Crippen molar-refractivity contribution in [2.45, 2.75) is 4.90 Å². The molecular formula is C17H13ClN2O2S. The molecule has 6 heteroatoms. The summed E-state index contributed by atoms with van der Waals surface area (Å²) in [5, 5.41) is 0.484. The third kappa shape index (κ3) is 3.41. The molecular weight excluding hydrogens is 332 g/mol. The Morgan fingerprint density at radius 2 is 1.78 bits per heavy atom. The van der Waals surface area contributed by atoms with E-state index in [2.05, 4.69) is 9.97 Å². The second-order valence-electron chi connectivity index (χ2n) is 5.09. The van der Waals surface area contributed by atoms with E-state index in [0.717, 1.165) is 16.7 Å². The van der Waals surface area contributed by atoms with Crippen LogP contribution in [-0.4, -0.2) is 24.6 Å². The second-order valence-corrected chi connectivity index (χ2v) is 7.54. The topological polar surface area (TPSA) is 59.9 Å². The molecule has 0 N–H and O–H groups in total. The van der Waals surface area contributed by atoms with Gasteiger partial charge in [-0.25, -0.2) is 8.42 Å². The quantitative estimate of drug-likeness (QED) is 0.723. The molecule has 0 saturated carbocycles. The minimum absolute atomic E-state index is 0.257. The summed E-state index contributed by atoms with van der Waals surface area (Å²) >= 11 is 6.09. The average Bonchev–Trinajstić information content (AvgIpc) is 2.55. The first kappa shape index (κ1) is 15.6. The number of benzene rings is 1. The Labute approximate surface area is 139 Å². The normalized spacial score (nSPS) is 11.4. The van der Waals surface area contributed by atoms with Crippen molar-refractivity contribution in [2.24, 2.45) is 0 Å². The van der Waals surface area contributed by atoms with Gasteiger partial charge in [-0.3, -0.25) is 9.97 Å². The van der Waals surface area contributed by atoms with Gasteiger partial charge in [-0.15, -0.1) is 0 Å². The van der Waals surface area contributed by atoms with Crippen LogP contribution in [0.15, 0.2) is 66.0 Å². The molecule has 0 amide bonds. The van der Waals surface area contributed by atoms with Crippen molar-refractivity contribution in [3.63, 3.8) is 0 Å². The van der Waals surface area contributed by atoms with Crippen molar-refractivity contribution >= 4 is 21.4 Å². The number of sulfone groups is 1. The van der Waals surface area contributed by atoms with Gasteiger partial charge in [-0.05, 0) is 35.9 Å². The highest BCUT2D eigenvalue weighted by molar-refractivity contribution is 7.90. The van der Waals surface area contributed by atoms with Crippen LogP contribution in [0.25, 0.3) is 22.4 Å². The molecule has 4 nitrogen and oxygen atoms in total. The van der Waals surface area contributed by atoms with E-state index >= 15 is 0 Å². The Bertz CT molecular complexity index is 957. The largest absolute Gasteiger partial charge is 0.264 e. The van der Waals surface area contributed by atoms with Crippen molar-refractivity contribution < 1.29 is 8.42 Å². The third-order valence-corrected chi connectivity index (χ3v) is 4.68. The zero-order chi connectivity index (χ0) is 16.4. The maximum Gasteiger partial charge on any atom is 0.175 e.